The van der Waals surface area contributed by atoms with Crippen LogP contribution in [-0.2, 0) is 11.3 Å². The van der Waals surface area contributed by atoms with E-state index in [2.05, 4.69) is 0 Å². The largest absolute Gasteiger partial charge is 0.497 e. The summed E-state index contributed by atoms with van der Waals surface area (Å²) >= 11 is 0. The topological polar surface area (TPSA) is 44.8 Å². The van der Waals surface area contributed by atoms with Crippen molar-refractivity contribution >= 4 is 5.97 Å². The molecule has 0 amide bonds. The van der Waals surface area contributed by atoms with Gasteiger partial charge in [0.05, 0.1) is 19.3 Å². The summed E-state index contributed by atoms with van der Waals surface area (Å²) < 4.78 is 59.5. The minimum absolute atomic E-state index is 0.0454. The van der Waals surface area contributed by atoms with Gasteiger partial charge >= 0.3 is 5.97 Å². The molecule has 7 heteroatoms. The lowest BCUT2D eigenvalue weighted by Gasteiger charge is -2.11. The zero-order valence-electron chi connectivity index (χ0n) is 19.7. The molecule has 4 aromatic carbocycles. The van der Waals surface area contributed by atoms with E-state index in [0.717, 1.165) is 6.07 Å². The van der Waals surface area contributed by atoms with E-state index in [-0.39, 0.29) is 29.0 Å². The van der Waals surface area contributed by atoms with E-state index in [0.29, 0.717) is 29.0 Å². The van der Waals surface area contributed by atoms with Gasteiger partial charge < -0.3 is 14.2 Å². The van der Waals surface area contributed by atoms with Gasteiger partial charge in [0.1, 0.15) is 17.3 Å². The Balaban J connectivity index is 1.50. The highest BCUT2D eigenvalue weighted by atomic mass is 19.2. The van der Waals surface area contributed by atoms with Crippen molar-refractivity contribution in [1.82, 2.24) is 0 Å². The summed E-state index contributed by atoms with van der Waals surface area (Å²) in [6.07, 6.45) is 0. The predicted octanol–water partition coefficient (Wildman–Crippen LogP) is 7.20. The average Bonchev–Trinajstić information content (AvgIpc) is 2.90. The second-order valence-corrected chi connectivity index (χ2v) is 7.87. The van der Waals surface area contributed by atoms with Crippen LogP contribution in [0.25, 0.3) is 22.3 Å². The van der Waals surface area contributed by atoms with Crippen molar-refractivity contribution in [2.24, 2.45) is 0 Å². The van der Waals surface area contributed by atoms with Crippen LogP contribution >= 0.6 is 0 Å². The number of rotatable bonds is 8. The molecule has 0 N–H and O–H groups in total. The molecular formula is C29H23F3O4. The Morgan fingerprint density at radius 2 is 1.31 bits per heavy atom. The molecule has 0 heterocycles. The summed E-state index contributed by atoms with van der Waals surface area (Å²) in [4.78, 5) is 12.5. The highest BCUT2D eigenvalue weighted by Crippen LogP contribution is 2.32. The smallest absolute Gasteiger partial charge is 0.343 e. The molecule has 4 nitrogen and oxygen atoms in total. The fraction of sp³-hybridized carbons (Fsp3) is 0.138. The molecule has 0 radical (unpaired) electrons. The van der Waals surface area contributed by atoms with Crippen molar-refractivity contribution in [2.75, 3.05) is 13.7 Å². The van der Waals surface area contributed by atoms with Crippen LogP contribution in [0.3, 0.4) is 0 Å². The molecule has 0 spiro atoms. The molecule has 0 fully saturated rings. The van der Waals surface area contributed by atoms with E-state index in [1.165, 1.54) is 55.6 Å². The number of benzene rings is 4. The quantitative estimate of drug-likeness (QED) is 0.193. The first-order chi connectivity index (χ1) is 17.4. The van der Waals surface area contributed by atoms with Crippen molar-refractivity contribution in [3.05, 3.63) is 107 Å². The molecule has 0 bridgehead atoms. The summed E-state index contributed by atoms with van der Waals surface area (Å²) in [5.41, 5.74) is 1.60. The first-order valence-electron chi connectivity index (χ1n) is 11.2. The van der Waals surface area contributed by atoms with Crippen molar-refractivity contribution in [1.29, 1.82) is 0 Å². The minimum Gasteiger partial charge on any atom is -0.497 e. The Kier molecular flexibility index (Phi) is 7.71. The number of esters is 1. The van der Waals surface area contributed by atoms with E-state index in [1.807, 2.05) is 6.92 Å². The third-order valence-electron chi connectivity index (χ3n) is 5.61. The summed E-state index contributed by atoms with van der Waals surface area (Å²) in [5, 5.41) is 0. The SMILES string of the molecule is CCOCc1ccc(OC(=O)c2ccc(-c3ccc(-c4ccc(OC)cc4)c(F)c3F)cc2)cc1F. The van der Waals surface area contributed by atoms with Crippen LogP contribution in [0.5, 0.6) is 11.5 Å². The lowest BCUT2D eigenvalue weighted by atomic mass is 9.98. The summed E-state index contributed by atoms with van der Waals surface area (Å²) in [5.74, 6) is -2.57. The Bertz CT molecular complexity index is 1370. The van der Waals surface area contributed by atoms with Crippen LogP contribution < -0.4 is 9.47 Å². The van der Waals surface area contributed by atoms with Crippen LogP contribution in [0.2, 0.25) is 0 Å². The first-order valence-corrected chi connectivity index (χ1v) is 11.2. The monoisotopic (exact) mass is 492 g/mol. The van der Waals surface area contributed by atoms with Crippen LogP contribution in [-0.4, -0.2) is 19.7 Å². The summed E-state index contributed by atoms with van der Waals surface area (Å²) in [6.45, 7) is 2.38. The van der Waals surface area contributed by atoms with Gasteiger partial charge in [-0.05, 0) is 48.4 Å². The molecule has 0 saturated carbocycles. The van der Waals surface area contributed by atoms with Gasteiger partial charge in [0.2, 0.25) is 0 Å². The van der Waals surface area contributed by atoms with Crippen LogP contribution in [0.15, 0.2) is 78.9 Å². The van der Waals surface area contributed by atoms with Gasteiger partial charge in [-0.15, -0.1) is 0 Å². The molecule has 0 unspecified atom stereocenters. The Morgan fingerprint density at radius 3 is 1.83 bits per heavy atom. The van der Waals surface area contributed by atoms with E-state index < -0.39 is 23.4 Å². The number of carbonyl (C=O) groups is 1. The number of hydrogen-bond donors (Lipinski definition) is 0. The molecule has 0 aliphatic heterocycles. The van der Waals surface area contributed by atoms with Gasteiger partial charge in [0, 0.05) is 29.4 Å². The van der Waals surface area contributed by atoms with Crippen LogP contribution in [0, 0.1) is 17.5 Å². The molecule has 184 valence electrons. The van der Waals surface area contributed by atoms with Crippen molar-refractivity contribution in [2.45, 2.75) is 13.5 Å². The second-order valence-electron chi connectivity index (χ2n) is 7.87. The number of carbonyl (C=O) groups excluding carboxylic acids is 1. The second kappa shape index (κ2) is 11.1. The predicted molar refractivity (Wildman–Crippen MR) is 130 cm³/mol. The molecule has 0 aromatic heterocycles. The maximum atomic E-state index is 14.9. The summed E-state index contributed by atoms with van der Waals surface area (Å²) in [6, 6.07) is 19.6. The number of hydrogen-bond acceptors (Lipinski definition) is 4. The van der Waals surface area contributed by atoms with Crippen molar-refractivity contribution in [3.63, 3.8) is 0 Å². The molecule has 36 heavy (non-hydrogen) atoms. The first kappa shape index (κ1) is 25.0. The maximum absolute atomic E-state index is 14.9. The minimum atomic E-state index is -0.999. The molecular weight excluding hydrogens is 469 g/mol. The van der Waals surface area contributed by atoms with E-state index >= 15 is 0 Å². The van der Waals surface area contributed by atoms with Gasteiger partial charge in [-0.25, -0.2) is 18.0 Å². The maximum Gasteiger partial charge on any atom is 0.343 e. The zero-order chi connectivity index (χ0) is 25.7. The molecule has 4 rings (SSSR count). The van der Waals surface area contributed by atoms with Gasteiger partial charge in [0.25, 0.3) is 0 Å². The van der Waals surface area contributed by atoms with Crippen LogP contribution in [0.1, 0.15) is 22.8 Å². The Morgan fingerprint density at radius 1 is 0.750 bits per heavy atom. The third kappa shape index (κ3) is 5.42. The fourth-order valence-corrected chi connectivity index (χ4v) is 3.64. The highest BCUT2D eigenvalue weighted by molar-refractivity contribution is 5.91. The molecule has 4 aromatic rings. The highest BCUT2D eigenvalue weighted by Gasteiger charge is 2.17. The third-order valence-corrected chi connectivity index (χ3v) is 5.61. The molecule has 0 atom stereocenters. The van der Waals surface area contributed by atoms with E-state index in [9.17, 15) is 18.0 Å². The zero-order valence-corrected chi connectivity index (χ0v) is 19.7. The molecule has 0 aliphatic rings. The number of halogens is 3. The summed E-state index contributed by atoms with van der Waals surface area (Å²) in [7, 11) is 1.52. The van der Waals surface area contributed by atoms with Gasteiger partial charge in [0.15, 0.2) is 11.6 Å². The van der Waals surface area contributed by atoms with Gasteiger partial charge in [-0.3, -0.25) is 0 Å². The lowest BCUT2D eigenvalue weighted by molar-refractivity contribution is 0.0734. The van der Waals surface area contributed by atoms with Crippen LogP contribution in [0.4, 0.5) is 13.2 Å². The average molecular weight is 492 g/mol. The van der Waals surface area contributed by atoms with Gasteiger partial charge in [-0.2, -0.15) is 0 Å². The normalized spacial score (nSPS) is 10.8. The van der Waals surface area contributed by atoms with Crippen molar-refractivity contribution < 1.29 is 32.2 Å². The molecule has 0 saturated heterocycles. The lowest BCUT2D eigenvalue weighted by Crippen LogP contribution is -2.09. The molecule has 0 aliphatic carbocycles. The Hall–Kier alpha value is -4.10. The van der Waals surface area contributed by atoms with Gasteiger partial charge in [-0.1, -0.05) is 42.5 Å². The van der Waals surface area contributed by atoms with Crippen molar-refractivity contribution in [3.8, 4) is 33.8 Å². The van der Waals surface area contributed by atoms with E-state index in [1.54, 1.807) is 24.3 Å². The fourth-order valence-electron chi connectivity index (χ4n) is 3.64. The number of methoxy groups -OCH3 is 1. The Labute approximate surface area is 206 Å². The number of ether oxygens (including phenoxy) is 3. The van der Waals surface area contributed by atoms with E-state index in [4.69, 9.17) is 14.2 Å². The standard InChI is InChI=1S/C29H23F3O4/c1-3-35-17-21-10-13-23(16-26(21)30)36-29(33)20-6-4-18(5-7-20)24-14-15-25(28(32)27(24)31)19-8-11-22(34-2)12-9-19/h4-16H,3,17H2,1-2H3.